The van der Waals surface area contributed by atoms with Crippen LogP contribution in [0.25, 0.3) is 28.7 Å². The molecule has 0 unspecified atom stereocenters. The minimum atomic E-state index is -0.116. The smallest absolute Gasteiger partial charge is 0.266 e. The van der Waals surface area contributed by atoms with Gasteiger partial charge in [-0.2, -0.15) is 0 Å². The monoisotopic (exact) mass is 368 g/mol. The number of aromatic hydroxyl groups is 1. The van der Waals surface area contributed by atoms with Gasteiger partial charge in [0.05, 0.1) is 16.6 Å². The highest BCUT2D eigenvalue weighted by molar-refractivity contribution is 5.80. The number of rotatable bonds is 3. The Morgan fingerprint density at radius 1 is 0.929 bits per heavy atom. The van der Waals surface area contributed by atoms with Crippen molar-refractivity contribution in [1.29, 1.82) is 0 Å². The average molecular weight is 368 g/mol. The van der Waals surface area contributed by atoms with Gasteiger partial charge in [-0.15, -0.1) is 0 Å². The molecular formula is C24H20N2O2. The number of phenols is 1. The van der Waals surface area contributed by atoms with Crippen molar-refractivity contribution in [3.05, 3.63) is 99.6 Å². The first kappa shape index (κ1) is 17.7. The fraction of sp³-hybridized carbons (Fsp3) is 0.0833. The number of aryl methyl sites for hydroxylation is 2. The SMILES string of the molecule is Cc1ccc(-n2c(/C=C/c3ccccc3O)nc3ccccc3c2=O)c(C)c1. The molecule has 1 N–H and O–H groups in total. The third-order valence-electron chi connectivity index (χ3n) is 4.74. The van der Waals surface area contributed by atoms with Gasteiger partial charge in [-0.25, -0.2) is 4.98 Å². The Balaban J connectivity index is 1.99. The highest BCUT2D eigenvalue weighted by Crippen LogP contribution is 2.21. The maximum Gasteiger partial charge on any atom is 0.266 e. The summed E-state index contributed by atoms with van der Waals surface area (Å²) >= 11 is 0. The van der Waals surface area contributed by atoms with Crippen molar-refractivity contribution in [3.63, 3.8) is 0 Å². The molecule has 4 aromatic rings. The van der Waals surface area contributed by atoms with E-state index in [9.17, 15) is 9.90 Å². The molecule has 1 heterocycles. The minimum Gasteiger partial charge on any atom is -0.507 e. The van der Waals surface area contributed by atoms with E-state index < -0.39 is 0 Å². The average Bonchev–Trinajstić information content (AvgIpc) is 2.68. The molecule has 0 saturated carbocycles. The zero-order valence-corrected chi connectivity index (χ0v) is 15.8. The number of benzene rings is 3. The molecule has 4 nitrogen and oxygen atoms in total. The number of hydrogen-bond acceptors (Lipinski definition) is 3. The summed E-state index contributed by atoms with van der Waals surface area (Å²) in [5.74, 6) is 0.693. The summed E-state index contributed by atoms with van der Waals surface area (Å²) < 4.78 is 1.63. The molecule has 4 heteroatoms. The van der Waals surface area contributed by atoms with E-state index in [1.54, 1.807) is 34.9 Å². The summed E-state index contributed by atoms with van der Waals surface area (Å²) in [6.45, 7) is 4.01. The second-order valence-electron chi connectivity index (χ2n) is 6.81. The van der Waals surface area contributed by atoms with Gasteiger partial charge in [0.2, 0.25) is 0 Å². The van der Waals surface area contributed by atoms with Gasteiger partial charge in [-0.3, -0.25) is 9.36 Å². The van der Waals surface area contributed by atoms with E-state index in [1.165, 1.54) is 0 Å². The van der Waals surface area contributed by atoms with Crippen molar-refractivity contribution in [2.45, 2.75) is 13.8 Å². The van der Waals surface area contributed by atoms with Crippen molar-refractivity contribution in [2.75, 3.05) is 0 Å². The minimum absolute atomic E-state index is 0.116. The molecule has 1 aromatic heterocycles. The number of nitrogens with zero attached hydrogens (tertiary/aromatic N) is 2. The van der Waals surface area contributed by atoms with E-state index in [4.69, 9.17) is 4.98 Å². The second kappa shape index (κ2) is 7.16. The van der Waals surface area contributed by atoms with Crippen LogP contribution in [0.1, 0.15) is 22.5 Å². The first-order valence-corrected chi connectivity index (χ1v) is 9.10. The van der Waals surface area contributed by atoms with Crippen LogP contribution in [-0.2, 0) is 0 Å². The molecule has 0 radical (unpaired) electrons. The quantitative estimate of drug-likeness (QED) is 0.561. The number of fused-ring (bicyclic) bond motifs is 1. The topological polar surface area (TPSA) is 55.1 Å². The van der Waals surface area contributed by atoms with Crippen LogP contribution in [0.4, 0.5) is 0 Å². The molecule has 0 bridgehead atoms. The molecule has 0 aliphatic carbocycles. The van der Waals surface area contributed by atoms with Gasteiger partial charge in [0, 0.05) is 5.56 Å². The Morgan fingerprint density at radius 3 is 2.46 bits per heavy atom. The Hall–Kier alpha value is -3.66. The maximum absolute atomic E-state index is 13.3. The largest absolute Gasteiger partial charge is 0.507 e. The van der Waals surface area contributed by atoms with Crippen molar-refractivity contribution in [2.24, 2.45) is 0 Å². The van der Waals surface area contributed by atoms with Crippen molar-refractivity contribution in [3.8, 4) is 11.4 Å². The van der Waals surface area contributed by atoms with Crippen LogP contribution in [-0.4, -0.2) is 14.7 Å². The van der Waals surface area contributed by atoms with Crippen LogP contribution in [0, 0.1) is 13.8 Å². The number of hydrogen-bond donors (Lipinski definition) is 1. The van der Waals surface area contributed by atoms with Gasteiger partial charge in [0.15, 0.2) is 0 Å². The molecule has 0 spiro atoms. The van der Waals surface area contributed by atoms with Crippen LogP contribution in [0.5, 0.6) is 5.75 Å². The van der Waals surface area contributed by atoms with E-state index in [0.717, 1.165) is 16.8 Å². The summed E-state index contributed by atoms with van der Waals surface area (Å²) in [5.41, 5.74) is 4.12. The lowest BCUT2D eigenvalue weighted by atomic mass is 10.1. The van der Waals surface area contributed by atoms with Gasteiger partial charge < -0.3 is 5.11 Å². The Labute approximate surface area is 163 Å². The lowest BCUT2D eigenvalue weighted by molar-refractivity contribution is 0.474. The highest BCUT2D eigenvalue weighted by Gasteiger charge is 2.13. The summed E-state index contributed by atoms with van der Waals surface area (Å²) in [6, 6.07) is 20.4. The summed E-state index contributed by atoms with van der Waals surface area (Å²) in [7, 11) is 0. The molecule has 4 rings (SSSR count). The predicted molar refractivity (Wildman–Crippen MR) is 114 cm³/mol. The first-order chi connectivity index (χ1) is 13.5. The van der Waals surface area contributed by atoms with Crippen molar-refractivity contribution < 1.29 is 5.11 Å². The summed E-state index contributed by atoms with van der Waals surface area (Å²) in [4.78, 5) is 18.0. The molecule has 0 aliphatic heterocycles. The van der Waals surface area contributed by atoms with Gasteiger partial charge in [0.25, 0.3) is 5.56 Å². The Bertz CT molecular complexity index is 1270. The highest BCUT2D eigenvalue weighted by atomic mass is 16.3. The normalized spacial score (nSPS) is 11.4. The van der Waals surface area contributed by atoms with Gasteiger partial charge in [-0.05, 0) is 55.8 Å². The molecule has 0 fully saturated rings. The van der Waals surface area contributed by atoms with E-state index in [1.807, 2.05) is 62.4 Å². The van der Waals surface area contributed by atoms with Crippen LogP contribution < -0.4 is 5.56 Å². The number of para-hydroxylation sites is 2. The fourth-order valence-corrected chi connectivity index (χ4v) is 3.34. The van der Waals surface area contributed by atoms with E-state index in [0.29, 0.717) is 22.3 Å². The van der Waals surface area contributed by atoms with Crippen molar-refractivity contribution >= 4 is 23.1 Å². The second-order valence-corrected chi connectivity index (χ2v) is 6.81. The summed E-state index contributed by atoms with van der Waals surface area (Å²) in [5, 5.41) is 10.6. The standard InChI is InChI=1S/C24H20N2O2/c1-16-11-13-21(17(2)15-16)26-23(14-12-18-7-3-6-10-22(18)27)25-20-9-5-4-8-19(20)24(26)28/h3-15,27H,1-2H3/b14-12+. The lowest BCUT2D eigenvalue weighted by Gasteiger charge is -2.14. The lowest BCUT2D eigenvalue weighted by Crippen LogP contribution is -2.23. The molecule has 3 aromatic carbocycles. The Kier molecular flexibility index (Phi) is 4.53. The van der Waals surface area contributed by atoms with Crippen molar-refractivity contribution in [1.82, 2.24) is 9.55 Å². The van der Waals surface area contributed by atoms with Crippen LogP contribution in [0.2, 0.25) is 0 Å². The molecule has 0 amide bonds. The van der Waals surface area contributed by atoms with Gasteiger partial charge >= 0.3 is 0 Å². The zero-order chi connectivity index (χ0) is 19.7. The van der Waals surface area contributed by atoms with E-state index in [-0.39, 0.29) is 11.3 Å². The third kappa shape index (κ3) is 3.21. The molecular weight excluding hydrogens is 348 g/mol. The van der Waals surface area contributed by atoms with Crippen LogP contribution in [0.3, 0.4) is 0 Å². The Morgan fingerprint density at radius 2 is 1.68 bits per heavy atom. The maximum atomic E-state index is 13.3. The first-order valence-electron chi connectivity index (χ1n) is 9.10. The molecule has 0 aliphatic rings. The third-order valence-corrected chi connectivity index (χ3v) is 4.74. The molecule has 138 valence electrons. The molecule has 0 atom stereocenters. The van der Waals surface area contributed by atoms with E-state index >= 15 is 0 Å². The fourth-order valence-electron chi connectivity index (χ4n) is 3.34. The predicted octanol–water partition coefficient (Wildman–Crippen LogP) is 4.88. The molecule has 28 heavy (non-hydrogen) atoms. The van der Waals surface area contributed by atoms with E-state index in [2.05, 4.69) is 0 Å². The molecule has 0 saturated heterocycles. The number of phenolic OH excluding ortho intramolecular Hbond substituents is 1. The summed E-state index contributed by atoms with van der Waals surface area (Å²) in [6.07, 6.45) is 3.54. The number of aromatic nitrogens is 2. The van der Waals surface area contributed by atoms with Gasteiger partial charge in [0.1, 0.15) is 11.6 Å². The zero-order valence-electron chi connectivity index (χ0n) is 15.8. The van der Waals surface area contributed by atoms with Crippen LogP contribution >= 0.6 is 0 Å². The van der Waals surface area contributed by atoms with Crippen LogP contribution in [0.15, 0.2) is 71.5 Å². The van der Waals surface area contributed by atoms with Gasteiger partial charge in [-0.1, -0.05) is 48.0 Å².